The smallest absolute Gasteiger partial charge is 0.377 e. The fourth-order valence-electron chi connectivity index (χ4n) is 1.52. The van der Waals surface area contributed by atoms with E-state index in [0.717, 1.165) is 6.07 Å². The maximum atomic E-state index is 12.7. The summed E-state index contributed by atoms with van der Waals surface area (Å²) in [6.07, 6.45) is -2.88. The minimum atomic E-state index is -4.37. The van der Waals surface area contributed by atoms with Gasteiger partial charge in [-0.15, -0.1) is 0 Å². The number of hydrogen-bond donors (Lipinski definition) is 1. The third-order valence-electron chi connectivity index (χ3n) is 2.32. The van der Waals surface area contributed by atoms with Crippen LogP contribution in [0, 0.1) is 0 Å². The van der Waals surface area contributed by atoms with E-state index in [9.17, 15) is 13.2 Å². The molecule has 1 aromatic carbocycles. The molecule has 2 rings (SSSR count). The standard InChI is InChI=1S/C11H11F3N4/c1-18-7-16-10(17-18)6-15-9-5-3-2-4-8(9)11(12,13)14/h2-5,7,15H,6H2,1H3. The number of aryl methyl sites for hydroxylation is 1. The van der Waals surface area contributed by atoms with Crippen molar-refractivity contribution in [3.8, 4) is 0 Å². The second kappa shape index (κ2) is 4.67. The van der Waals surface area contributed by atoms with Crippen LogP contribution >= 0.6 is 0 Å². The van der Waals surface area contributed by atoms with Crippen LogP contribution in [0.2, 0.25) is 0 Å². The van der Waals surface area contributed by atoms with Gasteiger partial charge in [-0.3, -0.25) is 4.68 Å². The highest BCUT2D eigenvalue weighted by molar-refractivity contribution is 5.52. The van der Waals surface area contributed by atoms with E-state index < -0.39 is 11.7 Å². The summed E-state index contributed by atoms with van der Waals surface area (Å²) in [4.78, 5) is 3.93. The summed E-state index contributed by atoms with van der Waals surface area (Å²) in [6, 6.07) is 5.32. The molecule has 0 saturated carbocycles. The first kappa shape index (κ1) is 12.4. The monoisotopic (exact) mass is 256 g/mol. The Morgan fingerprint density at radius 3 is 2.61 bits per heavy atom. The molecular weight excluding hydrogens is 245 g/mol. The molecule has 0 amide bonds. The maximum absolute atomic E-state index is 12.7. The summed E-state index contributed by atoms with van der Waals surface area (Å²) in [5.41, 5.74) is -0.668. The first-order valence-corrected chi connectivity index (χ1v) is 5.21. The zero-order valence-corrected chi connectivity index (χ0v) is 9.57. The molecule has 0 aliphatic rings. The summed E-state index contributed by atoms with van der Waals surface area (Å²) in [6.45, 7) is 0.147. The van der Waals surface area contributed by atoms with Crippen LogP contribution in [-0.4, -0.2) is 14.8 Å². The number of hydrogen-bond acceptors (Lipinski definition) is 3. The fraction of sp³-hybridized carbons (Fsp3) is 0.273. The molecule has 0 saturated heterocycles. The van der Waals surface area contributed by atoms with Crippen LogP contribution in [0.25, 0.3) is 0 Å². The second-order valence-electron chi connectivity index (χ2n) is 3.73. The Labute approximate surface area is 101 Å². The lowest BCUT2D eigenvalue weighted by molar-refractivity contribution is -0.137. The van der Waals surface area contributed by atoms with Crippen LogP contribution in [0.15, 0.2) is 30.6 Å². The molecule has 0 bridgehead atoms. The molecule has 1 N–H and O–H groups in total. The molecule has 0 aliphatic heterocycles. The van der Waals surface area contributed by atoms with Gasteiger partial charge in [-0.1, -0.05) is 12.1 Å². The van der Waals surface area contributed by atoms with Gasteiger partial charge in [-0.05, 0) is 12.1 Å². The van der Waals surface area contributed by atoms with Crippen LogP contribution in [0.4, 0.5) is 18.9 Å². The molecule has 0 radical (unpaired) electrons. The number of benzene rings is 1. The number of alkyl halides is 3. The largest absolute Gasteiger partial charge is 0.418 e. The number of anilines is 1. The molecular formula is C11H11F3N4. The molecule has 0 spiro atoms. The van der Waals surface area contributed by atoms with Gasteiger partial charge < -0.3 is 5.32 Å². The quantitative estimate of drug-likeness (QED) is 0.917. The van der Waals surface area contributed by atoms with Gasteiger partial charge in [-0.25, -0.2) is 4.98 Å². The molecule has 4 nitrogen and oxygen atoms in total. The number of halogens is 3. The highest BCUT2D eigenvalue weighted by Gasteiger charge is 2.33. The van der Waals surface area contributed by atoms with Gasteiger partial charge in [0.1, 0.15) is 6.33 Å². The molecule has 7 heteroatoms. The SMILES string of the molecule is Cn1cnc(CNc2ccccc2C(F)(F)F)n1. The molecule has 96 valence electrons. The summed E-state index contributed by atoms with van der Waals surface area (Å²) in [5, 5.41) is 6.67. The molecule has 0 fully saturated rings. The van der Waals surface area contributed by atoms with E-state index in [2.05, 4.69) is 15.4 Å². The van der Waals surface area contributed by atoms with E-state index in [0.29, 0.717) is 5.82 Å². The number of nitrogens with zero attached hydrogens (tertiary/aromatic N) is 3. The van der Waals surface area contributed by atoms with Crippen molar-refractivity contribution in [3.05, 3.63) is 42.0 Å². The van der Waals surface area contributed by atoms with Crippen molar-refractivity contribution in [1.29, 1.82) is 0 Å². The van der Waals surface area contributed by atoms with Crippen LogP contribution in [0.5, 0.6) is 0 Å². The lowest BCUT2D eigenvalue weighted by atomic mass is 10.1. The van der Waals surface area contributed by atoms with E-state index in [4.69, 9.17) is 0 Å². The van der Waals surface area contributed by atoms with E-state index in [1.54, 1.807) is 13.1 Å². The third-order valence-corrected chi connectivity index (χ3v) is 2.32. The average Bonchev–Trinajstić information content (AvgIpc) is 2.72. The molecule has 0 atom stereocenters. The first-order chi connectivity index (χ1) is 8.47. The Bertz CT molecular complexity index is 533. The van der Waals surface area contributed by atoms with Crippen molar-refractivity contribution in [1.82, 2.24) is 14.8 Å². The highest BCUT2D eigenvalue weighted by atomic mass is 19.4. The molecule has 1 heterocycles. The van der Waals surface area contributed by atoms with Gasteiger partial charge in [-0.2, -0.15) is 18.3 Å². The number of nitrogens with one attached hydrogen (secondary N) is 1. The van der Waals surface area contributed by atoms with Crippen LogP contribution in [0.3, 0.4) is 0 Å². The first-order valence-electron chi connectivity index (χ1n) is 5.21. The predicted molar refractivity (Wildman–Crippen MR) is 59.8 cm³/mol. The maximum Gasteiger partial charge on any atom is 0.418 e. The Kier molecular flexibility index (Phi) is 3.22. The summed E-state index contributed by atoms with van der Waals surface area (Å²) in [5.74, 6) is 0.439. The summed E-state index contributed by atoms with van der Waals surface area (Å²) < 4.78 is 39.6. The predicted octanol–water partition coefficient (Wildman–Crippen LogP) is 2.45. The van der Waals surface area contributed by atoms with E-state index in [1.165, 1.54) is 23.1 Å². The normalized spacial score (nSPS) is 11.6. The van der Waals surface area contributed by atoms with E-state index >= 15 is 0 Å². The van der Waals surface area contributed by atoms with Gasteiger partial charge in [0.05, 0.1) is 12.1 Å². The Hall–Kier alpha value is -2.05. The lowest BCUT2D eigenvalue weighted by Crippen LogP contribution is -2.11. The van der Waals surface area contributed by atoms with Crippen LogP contribution in [0.1, 0.15) is 11.4 Å². The molecule has 0 aliphatic carbocycles. The minimum Gasteiger partial charge on any atom is -0.377 e. The Balaban J connectivity index is 2.14. The Morgan fingerprint density at radius 2 is 2.00 bits per heavy atom. The van der Waals surface area contributed by atoms with Gasteiger partial charge in [0, 0.05) is 12.7 Å². The zero-order valence-electron chi connectivity index (χ0n) is 9.57. The van der Waals surface area contributed by atoms with E-state index in [-0.39, 0.29) is 12.2 Å². The molecule has 2 aromatic rings. The average molecular weight is 256 g/mol. The summed E-state index contributed by atoms with van der Waals surface area (Å²) >= 11 is 0. The van der Waals surface area contributed by atoms with Gasteiger partial charge in [0.2, 0.25) is 0 Å². The highest BCUT2D eigenvalue weighted by Crippen LogP contribution is 2.34. The molecule has 0 unspecified atom stereocenters. The van der Waals surface area contributed by atoms with Crippen molar-refractivity contribution >= 4 is 5.69 Å². The van der Waals surface area contributed by atoms with Crippen molar-refractivity contribution in [2.45, 2.75) is 12.7 Å². The molecule has 1 aromatic heterocycles. The van der Waals surface area contributed by atoms with E-state index in [1.807, 2.05) is 0 Å². The fourth-order valence-corrected chi connectivity index (χ4v) is 1.52. The van der Waals surface area contributed by atoms with Gasteiger partial charge in [0.15, 0.2) is 5.82 Å². The minimum absolute atomic E-state index is 0.0254. The number of para-hydroxylation sites is 1. The van der Waals surface area contributed by atoms with Crippen LogP contribution < -0.4 is 5.32 Å². The van der Waals surface area contributed by atoms with Crippen LogP contribution in [-0.2, 0) is 19.8 Å². The second-order valence-corrected chi connectivity index (χ2v) is 3.73. The topological polar surface area (TPSA) is 42.7 Å². The van der Waals surface area contributed by atoms with Gasteiger partial charge in [0.25, 0.3) is 0 Å². The van der Waals surface area contributed by atoms with Crippen molar-refractivity contribution in [2.24, 2.45) is 7.05 Å². The van der Waals surface area contributed by atoms with Crippen molar-refractivity contribution in [3.63, 3.8) is 0 Å². The Morgan fingerprint density at radius 1 is 1.28 bits per heavy atom. The number of rotatable bonds is 3. The van der Waals surface area contributed by atoms with Crippen molar-refractivity contribution in [2.75, 3.05) is 5.32 Å². The third kappa shape index (κ3) is 2.79. The molecule has 18 heavy (non-hydrogen) atoms. The number of aromatic nitrogens is 3. The summed E-state index contributed by atoms with van der Waals surface area (Å²) in [7, 11) is 1.69. The van der Waals surface area contributed by atoms with Gasteiger partial charge >= 0.3 is 6.18 Å². The van der Waals surface area contributed by atoms with Crippen molar-refractivity contribution < 1.29 is 13.2 Å². The lowest BCUT2D eigenvalue weighted by Gasteiger charge is -2.13. The zero-order chi connectivity index (χ0) is 13.2.